The molecule has 1 saturated heterocycles. The first-order valence-electron chi connectivity index (χ1n) is 7.27. The molecule has 2 heteroatoms. The number of nitrogens with one attached hydrogen (secondary N) is 1. The minimum absolute atomic E-state index is 0.861. The summed E-state index contributed by atoms with van der Waals surface area (Å²) >= 11 is 2.14. The van der Waals surface area contributed by atoms with Gasteiger partial charge in [0.15, 0.2) is 0 Å². The van der Waals surface area contributed by atoms with Gasteiger partial charge in [0, 0.05) is 12.1 Å². The fourth-order valence-electron chi connectivity index (χ4n) is 3.66. The average Bonchev–Trinajstić information content (AvgIpc) is 3.11. The molecule has 0 bridgehead atoms. The highest BCUT2D eigenvalue weighted by molar-refractivity contribution is 7.99. The van der Waals surface area contributed by atoms with Gasteiger partial charge in [0.1, 0.15) is 0 Å². The highest BCUT2D eigenvalue weighted by Crippen LogP contribution is 2.44. The second-order valence-corrected chi connectivity index (χ2v) is 7.18. The van der Waals surface area contributed by atoms with E-state index in [9.17, 15) is 0 Å². The van der Waals surface area contributed by atoms with Crippen LogP contribution in [0, 0.1) is 11.8 Å². The first-order valence-corrected chi connectivity index (χ1v) is 8.43. The van der Waals surface area contributed by atoms with E-state index in [0.29, 0.717) is 0 Å². The van der Waals surface area contributed by atoms with Crippen LogP contribution >= 0.6 is 11.8 Å². The van der Waals surface area contributed by atoms with Crippen molar-refractivity contribution in [2.75, 3.05) is 11.5 Å². The Hall–Kier alpha value is 0.310. The number of hydrogen-bond donors (Lipinski definition) is 1. The van der Waals surface area contributed by atoms with Crippen molar-refractivity contribution >= 4 is 11.8 Å². The van der Waals surface area contributed by atoms with Gasteiger partial charge in [-0.05, 0) is 42.6 Å². The van der Waals surface area contributed by atoms with E-state index in [1.165, 1.54) is 62.9 Å². The van der Waals surface area contributed by atoms with Crippen LogP contribution in [0.1, 0.15) is 51.4 Å². The number of rotatable bonds is 3. The van der Waals surface area contributed by atoms with Gasteiger partial charge in [-0.2, -0.15) is 11.8 Å². The van der Waals surface area contributed by atoms with Gasteiger partial charge in [-0.15, -0.1) is 0 Å². The summed E-state index contributed by atoms with van der Waals surface area (Å²) in [7, 11) is 0. The van der Waals surface area contributed by atoms with Crippen LogP contribution in [0.2, 0.25) is 0 Å². The number of thioether (sulfide) groups is 1. The van der Waals surface area contributed by atoms with Crippen molar-refractivity contribution in [1.82, 2.24) is 5.32 Å². The molecule has 0 aromatic heterocycles. The second-order valence-electron chi connectivity index (χ2n) is 5.96. The van der Waals surface area contributed by atoms with E-state index in [-0.39, 0.29) is 0 Å². The van der Waals surface area contributed by atoms with E-state index in [1.54, 1.807) is 0 Å². The van der Waals surface area contributed by atoms with Crippen LogP contribution in [0.4, 0.5) is 0 Å². The maximum absolute atomic E-state index is 3.93. The molecule has 92 valence electrons. The quantitative estimate of drug-likeness (QED) is 0.809. The van der Waals surface area contributed by atoms with Crippen molar-refractivity contribution in [3.05, 3.63) is 0 Å². The molecule has 0 amide bonds. The summed E-state index contributed by atoms with van der Waals surface area (Å²) in [5, 5.41) is 3.93. The second kappa shape index (κ2) is 5.30. The molecule has 3 rings (SSSR count). The van der Waals surface area contributed by atoms with E-state index in [0.717, 1.165) is 23.9 Å². The van der Waals surface area contributed by atoms with Gasteiger partial charge >= 0.3 is 0 Å². The molecular formula is C14H25NS. The van der Waals surface area contributed by atoms with Crippen molar-refractivity contribution in [2.24, 2.45) is 11.8 Å². The lowest BCUT2D eigenvalue weighted by molar-refractivity contribution is 0.307. The third-order valence-electron chi connectivity index (χ3n) is 4.77. The Labute approximate surface area is 104 Å². The Balaban J connectivity index is 1.41. The van der Waals surface area contributed by atoms with Gasteiger partial charge in [0.25, 0.3) is 0 Å². The van der Waals surface area contributed by atoms with Crippen LogP contribution in [0.3, 0.4) is 0 Å². The Morgan fingerprint density at radius 2 is 1.62 bits per heavy atom. The molecular weight excluding hydrogens is 214 g/mol. The van der Waals surface area contributed by atoms with Crippen LogP contribution in [0.5, 0.6) is 0 Å². The summed E-state index contributed by atoms with van der Waals surface area (Å²) in [4.78, 5) is 0. The zero-order valence-corrected chi connectivity index (χ0v) is 11.1. The predicted octanol–water partition coefficient (Wildman–Crippen LogP) is 3.44. The van der Waals surface area contributed by atoms with Crippen LogP contribution in [-0.2, 0) is 0 Å². The Kier molecular flexibility index (Phi) is 3.78. The van der Waals surface area contributed by atoms with Crippen molar-refractivity contribution in [3.63, 3.8) is 0 Å². The molecule has 1 heterocycles. The maximum Gasteiger partial charge on any atom is 0.0104 e. The number of hydrogen-bond acceptors (Lipinski definition) is 2. The maximum atomic E-state index is 3.93. The predicted molar refractivity (Wildman–Crippen MR) is 72.0 cm³/mol. The van der Waals surface area contributed by atoms with Crippen molar-refractivity contribution in [3.8, 4) is 0 Å². The molecule has 2 unspecified atom stereocenters. The first kappa shape index (κ1) is 11.4. The fourth-order valence-corrected chi connectivity index (χ4v) is 4.76. The monoisotopic (exact) mass is 239 g/mol. The van der Waals surface area contributed by atoms with E-state index in [1.807, 2.05) is 0 Å². The first-order chi connectivity index (χ1) is 7.93. The molecule has 0 radical (unpaired) electrons. The van der Waals surface area contributed by atoms with Crippen LogP contribution in [0.25, 0.3) is 0 Å². The molecule has 1 aliphatic heterocycles. The lowest BCUT2D eigenvalue weighted by Crippen LogP contribution is -2.35. The summed E-state index contributed by atoms with van der Waals surface area (Å²) in [5.41, 5.74) is 0. The summed E-state index contributed by atoms with van der Waals surface area (Å²) in [6.07, 6.45) is 11.9. The lowest BCUT2D eigenvalue weighted by Gasteiger charge is -2.25. The Bertz CT molecular complexity index is 219. The highest BCUT2D eigenvalue weighted by atomic mass is 32.2. The summed E-state index contributed by atoms with van der Waals surface area (Å²) < 4.78 is 0. The Morgan fingerprint density at radius 3 is 2.38 bits per heavy atom. The largest absolute Gasteiger partial charge is 0.311 e. The molecule has 16 heavy (non-hydrogen) atoms. The van der Waals surface area contributed by atoms with E-state index in [2.05, 4.69) is 17.1 Å². The van der Waals surface area contributed by atoms with E-state index < -0.39 is 0 Å². The van der Waals surface area contributed by atoms with Crippen molar-refractivity contribution in [2.45, 2.75) is 63.5 Å². The molecule has 0 aromatic carbocycles. The van der Waals surface area contributed by atoms with Crippen molar-refractivity contribution in [1.29, 1.82) is 0 Å². The van der Waals surface area contributed by atoms with Gasteiger partial charge in [0.2, 0.25) is 0 Å². The topological polar surface area (TPSA) is 12.0 Å². The standard InChI is InChI=1S/C14H25NS/c1-2-4-11(5-3-1)13-10-14(13)15-12-6-8-16-9-7-12/h11-15H,1-10H2. The molecule has 1 nitrogen and oxygen atoms in total. The fraction of sp³-hybridized carbons (Fsp3) is 1.00. The third kappa shape index (κ3) is 2.76. The molecule has 1 N–H and O–H groups in total. The summed E-state index contributed by atoms with van der Waals surface area (Å²) in [6, 6.07) is 1.77. The van der Waals surface area contributed by atoms with Gasteiger partial charge in [-0.25, -0.2) is 0 Å². The van der Waals surface area contributed by atoms with E-state index >= 15 is 0 Å². The van der Waals surface area contributed by atoms with Crippen LogP contribution in [0.15, 0.2) is 0 Å². The highest BCUT2D eigenvalue weighted by Gasteiger charge is 2.43. The van der Waals surface area contributed by atoms with Gasteiger partial charge < -0.3 is 5.32 Å². The van der Waals surface area contributed by atoms with Gasteiger partial charge in [0.05, 0.1) is 0 Å². The normalized spacial score (nSPS) is 37.5. The Morgan fingerprint density at radius 1 is 0.875 bits per heavy atom. The molecule has 3 fully saturated rings. The van der Waals surface area contributed by atoms with Gasteiger partial charge in [-0.1, -0.05) is 32.1 Å². The summed E-state index contributed by atoms with van der Waals surface area (Å²) in [6.45, 7) is 0. The molecule has 0 spiro atoms. The average molecular weight is 239 g/mol. The van der Waals surface area contributed by atoms with E-state index in [4.69, 9.17) is 0 Å². The third-order valence-corrected chi connectivity index (χ3v) is 5.81. The van der Waals surface area contributed by atoms with Gasteiger partial charge in [-0.3, -0.25) is 0 Å². The SMILES string of the molecule is C1CCC(C2CC2NC2CCSCC2)CC1. The molecule has 0 aromatic rings. The zero-order valence-electron chi connectivity index (χ0n) is 10.3. The van der Waals surface area contributed by atoms with Crippen LogP contribution in [-0.4, -0.2) is 23.6 Å². The minimum atomic E-state index is 0.861. The zero-order chi connectivity index (χ0) is 10.8. The molecule has 3 aliphatic rings. The van der Waals surface area contributed by atoms with Crippen LogP contribution < -0.4 is 5.32 Å². The summed E-state index contributed by atoms with van der Waals surface area (Å²) in [5.74, 6) is 4.93. The smallest absolute Gasteiger partial charge is 0.0104 e. The molecule has 2 saturated carbocycles. The lowest BCUT2D eigenvalue weighted by atomic mass is 9.85. The minimum Gasteiger partial charge on any atom is -0.311 e. The molecule has 2 atom stereocenters. The van der Waals surface area contributed by atoms with Crippen molar-refractivity contribution < 1.29 is 0 Å². The molecule has 2 aliphatic carbocycles.